The molecule has 0 amide bonds. The Kier molecular flexibility index (Phi) is 14.8. The van der Waals surface area contributed by atoms with Crippen molar-refractivity contribution in [3.8, 4) is 44.8 Å². The highest BCUT2D eigenvalue weighted by atomic mass is 15.2. The number of para-hydroxylation sites is 2. The lowest BCUT2D eigenvalue weighted by Gasteiger charge is -2.44. The Balaban J connectivity index is 0.924. The first kappa shape index (κ1) is 66.8. The quantitative estimate of drug-likeness (QED) is 0.148. The summed E-state index contributed by atoms with van der Waals surface area (Å²) in [6, 6.07) is 95.7. The Labute approximate surface area is 623 Å². The van der Waals surface area contributed by atoms with Crippen LogP contribution in [0, 0.1) is 0 Å². The normalized spacial score (nSPS) is 16.3. The van der Waals surface area contributed by atoms with Crippen molar-refractivity contribution in [2.45, 2.75) is 181 Å². The fourth-order valence-corrected chi connectivity index (χ4v) is 18.7. The van der Waals surface area contributed by atoms with E-state index < -0.39 is 0 Å². The summed E-state index contributed by atoms with van der Waals surface area (Å²) in [5.74, 6) is 0. The maximum atomic E-state index is 2.65. The lowest BCUT2D eigenvalue weighted by atomic mass is 9.33. The third-order valence-corrected chi connectivity index (χ3v) is 25.3. The molecule has 0 saturated carbocycles. The van der Waals surface area contributed by atoms with Gasteiger partial charge >= 0.3 is 0 Å². The van der Waals surface area contributed by atoms with Crippen LogP contribution in [0.2, 0.25) is 0 Å². The van der Waals surface area contributed by atoms with Crippen LogP contribution in [-0.2, 0) is 37.9 Å². The molecule has 0 fully saturated rings. The number of benzene rings is 12. The predicted molar refractivity (Wildman–Crippen MR) is 452 cm³/mol. The molecule has 14 aromatic rings. The van der Waals surface area contributed by atoms with Gasteiger partial charge in [0.2, 0.25) is 0 Å². The number of anilines is 6. The summed E-state index contributed by atoms with van der Waals surface area (Å²) in [6.07, 6.45) is 4.72. The van der Waals surface area contributed by atoms with E-state index in [0.29, 0.717) is 0 Å². The number of aromatic nitrogens is 2. The van der Waals surface area contributed by atoms with Crippen LogP contribution >= 0.6 is 0 Å². The van der Waals surface area contributed by atoms with Crippen LogP contribution in [0.5, 0.6) is 0 Å². The molecule has 4 heterocycles. The summed E-state index contributed by atoms with van der Waals surface area (Å²) in [5.41, 5.74) is 35.3. The van der Waals surface area contributed by atoms with E-state index in [-0.39, 0.29) is 44.6 Å². The van der Waals surface area contributed by atoms with E-state index in [1.54, 1.807) is 0 Å². The molecule has 2 aliphatic heterocycles. The van der Waals surface area contributed by atoms with Gasteiger partial charge in [0, 0.05) is 61.4 Å². The highest BCUT2D eigenvalue weighted by Gasteiger charge is 2.46. The van der Waals surface area contributed by atoms with Crippen LogP contribution in [0.25, 0.3) is 88.4 Å². The van der Waals surface area contributed by atoms with Crippen LogP contribution in [-0.4, -0.2) is 15.8 Å². The van der Waals surface area contributed by atoms with Crippen molar-refractivity contribution in [2.24, 2.45) is 0 Å². The second-order valence-corrected chi connectivity index (χ2v) is 37.2. The fraction of sp³-hybridized carbons (Fsp3) is 0.280. The van der Waals surface area contributed by atoms with E-state index in [4.69, 9.17) is 0 Å². The van der Waals surface area contributed by atoms with Crippen molar-refractivity contribution in [3.63, 3.8) is 0 Å². The first-order valence-corrected chi connectivity index (χ1v) is 38.7. The fourth-order valence-electron chi connectivity index (χ4n) is 18.7. The van der Waals surface area contributed by atoms with E-state index in [2.05, 4.69) is 379 Å². The van der Waals surface area contributed by atoms with Crippen molar-refractivity contribution in [3.05, 3.63) is 282 Å². The number of hydrogen-bond donors (Lipinski definition) is 0. The molecule has 18 rings (SSSR count). The molecule has 5 heteroatoms. The lowest BCUT2D eigenvalue weighted by Crippen LogP contribution is -2.61. The Morgan fingerprint density at radius 2 is 0.657 bits per heavy atom. The molecule has 4 aliphatic rings. The highest BCUT2D eigenvalue weighted by molar-refractivity contribution is 7.00. The monoisotopic (exact) mass is 1370 g/mol. The van der Waals surface area contributed by atoms with E-state index in [9.17, 15) is 0 Å². The van der Waals surface area contributed by atoms with E-state index >= 15 is 0 Å². The maximum absolute atomic E-state index is 2.65. The van der Waals surface area contributed by atoms with E-state index in [1.165, 1.54) is 164 Å². The Morgan fingerprint density at radius 3 is 1.15 bits per heavy atom. The van der Waals surface area contributed by atoms with Crippen molar-refractivity contribution in [1.82, 2.24) is 9.13 Å². The van der Waals surface area contributed by atoms with Gasteiger partial charge in [-0.1, -0.05) is 269 Å². The predicted octanol–water partition coefficient (Wildman–Crippen LogP) is 25.6. The number of fused-ring (bicyclic) bond motifs is 12. The van der Waals surface area contributed by atoms with Crippen molar-refractivity contribution >= 4 is 101 Å². The van der Waals surface area contributed by atoms with Crippen LogP contribution in [0.15, 0.2) is 243 Å². The van der Waals surface area contributed by atoms with Crippen molar-refractivity contribution in [1.29, 1.82) is 0 Å². The van der Waals surface area contributed by atoms with Gasteiger partial charge in [0.05, 0.1) is 27.8 Å². The molecule has 0 N–H and O–H groups in total. The molecule has 2 aliphatic carbocycles. The summed E-state index contributed by atoms with van der Waals surface area (Å²) in [4.78, 5) is 5.27. The lowest BCUT2D eigenvalue weighted by molar-refractivity contribution is 0.332. The molecule has 4 nitrogen and oxygen atoms in total. The molecule has 0 bridgehead atoms. The Morgan fingerprint density at radius 1 is 0.267 bits per heavy atom. The molecular weight excluding hydrogens is 1270 g/mol. The summed E-state index contributed by atoms with van der Waals surface area (Å²) in [5, 5.41) is 5.03. The van der Waals surface area contributed by atoms with Gasteiger partial charge < -0.3 is 18.9 Å². The van der Waals surface area contributed by atoms with Crippen LogP contribution < -0.4 is 26.2 Å². The number of nitrogens with zero attached hydrogens (tertiary/aromatic N) is 4. The molecule has 0 spiro atoms. The molecule has 2 aromatic heterocycles. The van der Waals surface area contributed by atoms with Gasteiger partial charge in [0.15, 0.2) is 0 Å². The molecule has 0 radical (unpaired) electrons. The minimum absolute atomic E-state index is 0.0303. The summed E-state index contributed by atoms with van der Waals surface area (Å²) in [6.45, 7) is 40.3. The van der Waals surface area contributed by atoms with Gasteiger partial charge in [0.1, 0.15) is 0 Å². The minimum atomic E-state index is -0.175. The van der Waals surface area contributed by atoms with Gasteiger partial charge in [0.25, 0.3) is 6.71 Å². The van der Waals surface area contributed by atoms with E-state index in [0.717, 1.165) is 39.8 Å². The first-order chi connectivity index (χ1) is 49.9. The highest BCUT2D eigenvalue weighted by Crippen LogP contribution is 2.52. The van der Waals surface area contributed by atoms with Gasteiger partial charge in [-0.15, -0.1) is 0 Å². The second-order valence-electron chi connectivity index (χ2n) is 37.2. The maximum Gasteiger partial charge on any atom is 0.252 e. The average molecular weight is 1370 g/mol. The zero-order chi connectivity index (χ0) is 73.0. The summed E-state index contributed by atoms with van der Waals surface area (Å²) < 4.78 is 5.10. The third-order valence-electron chi connectivity index (χ3n) is 25.3. The second kappa shape index (κ2) is 23.2. The molecular formula is C100H99BN4. The Hall–Kier alpha value is -10.1. The minimum Gasteiger partial charge on any atom is -0.311 e. The summed E-state index contributed by atoms with van der Waals surface area (Å²) in [7, 11) is 0. The molecule has 0 atom stereocenters. The van der Waals surface area contributed by atoms with Crippen LogP contribution in [0.3, 0.4) is 0 Å². The van der Waals surface area contributed by atoms with Crippen LogP contribution in [0.4, 0.5) is 34.1 Å². The van der Waals surface area contributed by atoms with E-state index in [1.807, 2.05) is 0 Å². The van der Waals surface area contributed by atoms with Crippen LogP contribution in [0.1, 0.15) is 182 Å². The van der Waals surface area contributed by atoms with Crippen molar-refractivity contribution in [2.75, 3.05) is 9.80 Å². The smallest absolute Gasteiger partial charge is 0.252 e. The van der Waals surface area contributed by atoms with Gasteiger partial charge in [-0.25, -0.2) is 0 Å². The topological polar surface area (TPSA) is 16.3 Å². The average Bonchev–Trinajstić information content (AvgIpc) is 1.30. The molecule has 0 unspecified atom stereocenters. The van der Waals surface area contributed by atoms with Crippen molar-refractivity contribution < 1.29 is 0 Å². The Bertz CT molecular complexity index is 5800. The standard InChI is InChI=1S/C100H99BN4/c1-94(2,3)68-24-22-23-64(53-68)67-35-46-89-84(56-67)101-83-45-42-73(104-87-47-36-69(95(4,5)6)57-77(87)78-58-70(96(7,8)9)37-48-88(78)104)59-90(83)103(72-40-31-63(32-41-72)66-34-44-80-82(55-66)100(16,17)52-50-98(80,12)13)92-61-74(105-85-27-20-18-25-75(85)76-26-19-21-28-86(76)105)60-91(93(92)101)102(89)71-38-29-62(30-39-71)65-33-43-79-81(54-65)99(14,15)51-49-97(79,10)11/h18-48,53-61H,49-52H2,1-17H3. The zero-order valence-corrected chi connectivity index (χ0v) is 64.8. The van der Waals surface area contributed by atoms with Gasteiger partial charge in [-0.05, 0) is 243 Å². The number of hydrogen-bond acceptors (Lipinski definition) is 2. The third kappa shape index (κ3) is 10.7. The molecule has 105 heavy (non-hydrogen) atoms. The van der Waals surface area contributed by atoms with Gasteiger partial charge in [-0.2, -0.15) is 0 Å². The molecule has 12 aromatic carbocycles. The zero-order valence-electron chi connectivity index (χ0n) is 64.8. The van der Waals surface area contributed by atoms with Gasteiger partial charge in [-0.3, -0.25) is 0 Å². The molecule has 0 saturated heterocycles. The number of rotatable bonds is 7. The largest absolute Gasteiger partial charge is 0.311 e. The molecule has 522 valence electrons. The SMILES string of the molecule is CC(C)(C)c1cccc(-c2ccc3c(c2)B2c4ccc(-n5c6ccc(C(C)(C)C)cc6c6cc(C(C)(C)C)ccc65)cc4N(c4ccc(-c5ccc6c(c5)C(C)(C)CCC6(C)C)cc4)c4cc(-n5c6ccccc6c6ccccc65)cc(c42)N3c2ccc(-c3ccc4c(c3)C(C)(C)CCC4(C)C)cc2)c1. The summed E-state index contributed by atoms with van der Waals surface area (Å²) >= 11 is 0. The first-order valence-electron chi connectivity index (χ1n) is 38.7.